The van der Waals surface area contributed by atoms with Crippen LogP contribution >= 0.6 is 0 Å². The van der Waals surface area contributed by atoms with E-state index in [4.69, 9.17) is 19.4 Å². The van der Waals surface area contributed by atoms with Gasteiger partial charge >= 0.3 is 0 Å². The first kappa shape index (κ1) is 22.8. The Morgan fingerprint density at radius 3 is 2.70 bits per heavy atom. The predicted molar refractivity (Wildman–Crippen MR) is 139 cm³/mol. The molecule has 0 unspecified atom stereocenters. The molecule has 2 aromatic rings. The summed E-state index contributed by atoms with van der Waals surface area (Å²) in [4.78, 5) is 28.5. The minimum atomic E-state index is -0.0611. The topological polar surface area (TPSA) is 83.1 Å². The minimum Gasteiger partial charge on any atom is -0.485 e. The normalized spacial score (nSPS) is 21.8. The molecule has 0 atom stereocenters. The molecule has 0 bridgehead atoms. The highest BCUT2D eigenvalue weighted by Gasteiger charge is 2.42. The van der Waals surface area contributed by atoms with E-state index in [2.05, 4.69) is 39.1 Å². The maximum absolute atomic E-state index is 11.9. The number of fused-ring (bicyclic) bond motifs is 2. The molecule has 1 saturated carbocycles. The maximum Gasteiger partial charge on any atom is 0.298 e. The summed E-state index contributed by atoms with van der Waals surface area (Å²) in [6.07, 6.45) is 4.22. The largest absolute Gasteiger partial charge is 0.485 e. The summed E-state index contributed by atoms with van der Waals surface area (Å²) in [7, 11) is 0. The lowest BCUT2D eigenvalue weighted by Crippen LogP contribution is -2.65. The third-order valence-corrected chi connectivity index (χ3v) is 8.21. The average molecular weight is 501 g/mol. The number of aromatic nitrogens is 2. The van der Waals surface area contributed by atoms with Gasteiger partial charge in [0.2, 0.25) is 0 Å². The van der Waals surface area contributed by atoms with Gasteiger partial charge in [-0.1, -0.05) is 5.92 Å². The van der Waals surface area contributed by atoms with E-state index in [0.29, 0.717) is 24.5 Å². The fraction of sp³-hybridized carbons (Fsp3) is 0.536. The molecule has 1 amide bonds. The van der Waals surface area contributed by atoms with Gasteiger partial charge in [-0.05, 0) is 37.8 Å². The van der Waals surface area contributed by atoms with Gasteiger partial charge in [-0.15, -0.1) is 0 Å². The second kappa shape index (κ2) is 9.19. The van der Waals surface area contributed by atoms with Gasteiger partial charge in [0.25, 0.3) is 5.91 Å². The fourth-order valence-corrected chi connectivity index (χ4v) is 5.80. The van der Waals surface area contributed by atoms with Gasteiger partial charge in [0.05, 0.1) is 30.2 Å². The Kier molecular flexibility index (Phi) is 5.67. The first-order valence-electron chi connectivity index (χ1n) is 13.4. The summed E-state index contributed by atoms with van der Waals surface area (Å²) in [5, 5.41) is 3.63. The molecule has 9 nitrogen and oxygen atoms in total. The number of nitrogens with one attached hydrogen (secondary N) is 1. The average Bonchev–Trinajstić information content (AvgIpc) is 3.71. The Labute approximate surface area is 217 Å². The molecule has 3 saturated heterocycles. The van der Waals surface area contributed by atoms with Crippen molar-refractivity contribution in [3.05, 3.63) is 35.3 Å². The number of ether oxygens (including phenoxy) is 2. The second-order valence-corrected chi connectivity index (χ2v) is 10.6. The van der Waals surface area contributed by atoms with E-state index >= 15 is 0 Å². The van der Waals surface area contributed by atoms with Gasteiger partial charge < -0.3 is 24.6 Å². The van der Waals surface area contributed by atoms with Crippen molar-refractivity contribution in [1.82, 2.24) is 19.8 Å². The zero-order chi connectivity index (χ0) is 24.9. The first-order chi connectivity index (χ1) is 18.2. The highest BCUT2D eigenvalue weighted by atomic mass is 16.5. The lowest BCUT2D eigenvalue weighted by atomic mass is 9.90. The number of nitrogens with zero attached hydrogens (tertiary/aromatic N) is 5. The van der Waals surface area contributed by atoms with Crippen LogP contribution < -0.4 is 15.0 Å². The third kappa shape index (κ3) is 4.18. The Morgan fingerprint density at radius 2 is 1.95 bits per heavy atom. The van der Waals surface area contributed by atoms with Crippen molar-refractivity contribution in [2.45, 2.75) is 44.2 Å². The van der Waals surface area contributed by atoms with Gasteiger partial charge in [0.1, 0.15) is 12.4 Å². The van der Waals surface area contributed by atoms with Crippen LogP contribution in [0.3, 0.4) is 0 Å². The standard InChI is InChI=1S/C28H32N6O3/c1-2-3-25(35)34-15-20(16-34)33-13-19(14-33)22-12-23-27(26(30-22)18-4-5-18)37-17-21-24(6-7-29-28(21)31-23)32-8-10-36-11-9-32/h6-7,12,18-20H,4-5,8-11,13-17H2,1H3,(H,29,31). The Hall–Kier alpha value is -3.35. The van der Waals surface area contributed by atoms with Gasteiger partial charge in [0, 0.05) is 74.7 Å². The van der Waals surface area contributed by atoms with Crippen molar-refractivity contribution in [3.63, 3.8) is 0 Å². The summed E-state index contributed by atoms with van der Waals surface area (Å²) in [6, 6.07) is 4.69. The number of hydrogen-bond donors (Lipinski definition) is 1. The van der Waals surface area contributed by atoms with Gasteiger partial charge in [-0.2, -0.15) is 0 Å². The summed E-state index contributed by atoms with van der Waals surface area (Å²) < 4.78 is 12.0. The second-order valence-electron chi connectivity index (χ2n) is 10.6. The third-order valence-electron chi connectivity index (χ3n) is 8.21. The quantitative estimate of drug-likeness (QED) is 0.642. The molecule has 7 rings (SSSR count). The van der Waals surface area contributed by atoms with E-state index in [1.807, 2.05) is 11.1 Å². The van der Waals surface area contributed by atoms with Crippen LogP contribution in [0.15, 0.2) is 18.3 Å². The van der Waals surface area contributed by atoms with Gasteiger partial charge in [0.15, 0.2) is 5.75 Å². The van der Waals surface area contributed by atoms with E-state index in [-0.39, 0.29) is 5.91 Å². The molecule has 0 radical (unpaired) electrons. The van der Waals surface area contributed by atoms with E-state index < -0.39 is 0 Å². The molecular weight excluding hydrogens is 468 g/mol. The molecule has 0 spiro atoms. The van der Waals surface area contributed by atoms with Crippen LogP contribution in [0, 0.1) is 11.8 Å². The summed E-state index contributed by atoms with van der Waals surface area (Å²) in [5.74, 6) is 7.90. The lowest BCUT2D eigenvalue weighted by molar-refractivity contribution is -0.133. The summed E-state index contributed by atoms with van der Waals surface area (Å²) >= 11 is 0. The summed E-state index contributed by atoms with van der Waals surface area (Å²) in [5.41, 5.74) is 5.47. The molecule has 0 aromatic carbocycles. The Bertz CT molecular complexity index is 1280. The number of anilines is 3. The number of hydrogen-bond acceptors (Lipinski definition) is 8. The summed E-state index contributed by atoms with van der Waals surface area (Å²) in [6.45, 7) is 8.90. The van der Waals surface area contributed by atoms with E-state index in [1.54, 1.807) is 6.92 Å². The number of morpholine rings is 1. The van der Waals surface area contributed by atoms with Crippen molar-refractivity contribution in [3.8, 4) is 17.6 Å². The molecule has 5 aliphatic rings. The molecule has 1 N–H and O–H groups in total. The van der Waals surface area contributed by atoms with Crippen molar-refractivity contribution < 1.29 is 14.3 Å². The molecule has 2 aromatic heterocycles. The van der Waals surface area contributed by atoms with Crippen LogP contribution in [0.4, 0.5) is 17.2 Å². The van der Waals surface area contributed by atoms with E-state index in [9.17, 15) is 4.79 Å². The highest BCUT2D eigenvalue weighted by Crippen LogP contribution is 2.49. The van der Waals surface area contributed by atoms with Crippen LogP contribution in [-0.4, -0.2) is 84.2 Å². The molecule has 6 heterocycles. The molecular formula is C28H32N6O3. The van der Waals surface area contributed by atoms with Crippen molar-refractivity contribution in [2.75, 3.05) is 62.7 Å². The van der Waals surface area contributed by atoms with Crippen LogP contribution in [0.25, 0.3) is 0 Å². The molecule has 4 aliphatic heterocycles. The SMILES string of the molecule is CC#CC(=O)N1CC(N2CC(c3cc4c(c(C5CC5)n3)OCc3c(N5CCOCC5)ccnc3N4)C2)C1. The zero-order valence-corrected chi connectivity index (χ0v) is 21.2. The van der Waals surface area contributed by atoms with E-state index in [1.165, 1.54) is 18.5 Å². The number of carbonyl (C=O) groups excluding carboxylic acids is 1. The molecule has 4 fully saturated rings. The number of pyridine rings is 2. The Balaban J connectivity index is 1.10. The smallest absolute Gasteiger partial charge is 0.298 e. The van der Waals surface area contributed by atoms with Gasteiger partial charge in [-0.3, -0.25) is 14.7 Å². The van der Waals surface area contributed by atoms with Crippen LogP contribution in [0.1, 0.15) is 48.6 Å². The monoisotopic (exact) mass is 500 g/mol. The van der Waals surface area contributed by atoms with Crippen LogP contribution in [0.5, 0.6) is 5.75 Å². The van der Waals surface area contributed by atoms with Crippen molar-refractivity contribution >= 4 is 23.1 Å². The molecule has 1 aliphatic carbocycles. The molecule has 37 heavy (non-hydrogen) atoms. The number of likely N-dealkylation sites (tertiary alicyclic amines) is 2. The van der Waals surface area contributed by atoms with Crippen molar-refractivity contribution in [1.29, 1.82) is 0 Å². The van der Waals surface area contributed by atoms with E-state index in [0.717, 1.165) is 86.7 Å². The van der Waals surface area contributed by atoms with Crippen LogP contribution in [0.2, 0.25) is 0 Å². The minimum absolute atomic E-state index is 0.0611. The fourth-order valence-electron chi connectivity index (χ4n) is 5.80. The lowest BCUT2D eigenvalue weighted by Gasteiger charge is -2.51. The predicted octanol–water partition coefficient (Wildman–Crippen LogP) is 2.46. The Morgan fingerprint density at radius 1 is 1.14 bits per heavy atom. The van der Waals surface area contributed by atoms with Gasteiger partial charge in [-0.25, -0.2) is 4.98 Å². The first-order valence-corrected chi connectivity index (χ1v) is 13.4. The number of amides is 1. The maximum atomic E-state index is 11.9. The molecule has 9 heteroatoms. The highest BCUT2D eigenvalue weighted by molar-refractivity contribution is 5.94. The number of carbonyl (C=O) groups is 1. The zero-order valence-electron chi connectivity index (χ0n) is 21.2. The van der Waals surface area contributed by atoms with Crippen LogP contribution in [-0.2, 0) is 16.1 Å². The van der Waals surface area contributed by atoms with Crippen molar-refractivity contribution in [2.24, 2.45) is 0 Å². The molecule has 192 valence electrons. The number of rotatable bonds is 4.